The summed E-state index contributed by atoms with van der Waals surface area (Å²) in [7, 11) is 0. The Labute approximate surface area is 169 Å². The molecule has 1 saturated heterocycles. The smallest absolute Gasteiger partial charge is 0.258 e. The lowest BCUT2D eigenvalue weighted by Gasteiger charge is -2.36. The first kappa shape index (κ1) is 18.9. The number of para-hydroxylation sites is 1. The summed E-state index contributed by atoms with van der Waals surface area (Å²) in [5, 5.41) is 2.54. The fraction of sp³-hybridized carbons (Fsp3) is 0.227. The summed E-state index contributed by atoms with van der Waals surface area (Å²) in [6, 6.07) is 14.5. The number of carbonyl (C=O) groups is 1. The third-order valence-corrected chi connectivity index (χ3v) is 4.95. The summed E-state index contributed by atoms with van der Waals surface area (Å²) >= 11 is 0. The molecule has 0 spiro atoms. The lowest BCUT2D eigenvalue weighted by atomic mass is 10.2. The van der Waals surface area contributed by atoms with Gasteiger partial charge < -0.3 is 15.1 Å². The molecule has 1 fully saturated rings. The second kappa shape index (κ2) is 8.26. The van der Waals surface area contributed by atoms with E-state index in [1.807, 2.05) is 0 Å². The second-order valence-corrected chi connectivity index (χ2v) is 7.02. The number of halogens is 1. The molecule has 4 rings (SSSR count). The summed E-state index contributed by atoms with van der Waals surface area (Å²) in [6.07, 6.45) is 2.96. The number of hydrogen-bond acceptors (Lipinski definition) is 5. The highest BCUT2D eigenvalue weighted by Gasteiger charge is 2.20. The fourth-order valence-corrected chi connectivity index (χ4v) is 3.35. The van der Waals surface area contributed by atoms with Crippen molar-refractivity contribution < 1.29 is 9.18 Å². The van der Waals surface area contributed by atoms with Crippen LogP contribution in [0.1, 0.15) is 15.9 Å². The van der Waals surface area contributed by atoms with E-state index in [4.69, 9.17) is 0 Å². The molecule has 2 heterocycles. The zero-order valence-corrected chi connectivity index (χ0v) is 16.2. The fourth-order valence-electron chi connectivity index (χ4n) is 3.35. The lowest BCUT2D eigenvalue weighted by Crippen LogP contribution is -2.47. The molecule has 7 heteroatoms. The first-order valence-corrected chi connectivity index (χ1v) is 9.54. The maximum absolute atomic E-state index is 13.7. The summed E-state index contributed by atoms with van der Waals surface area (Å²) in [4.78, 5) is 25.4. The number of amides is 1. The lowest BCUT2D eigenvalue weighted by molar-refractivity contribution is 0.102. The van der Waals surface area contributed by atoms with Crippen molar-refractivity contribution in [3.8, 4) is 0 Å². The number of anilines is 3. The minimum absolute atomic E-state index is 0.133. The Kier molecular flexibility index (Phi) is 5.37. The molecule has 1 aliphatic rings. The second-order valence-electron chi connectivity index (χ2n) is 7.02. The molecule has 1 N–H and O–H groups in total. The predicted octanol–water partition coefficient (Wildman–Crippen LogP) is 3.50. The number of hydrogen-bond donors (Lipinski definition) is 1. The number of nitrogens with one attached hydrogen (secondary N) is 1. The molecule has 3 aromatic rings. The van der Waals surface area contributed by atoms with Crippen molar-refractivity contribution in [3.63, 3.8) is 0 Å². The van der Waals surface area contributed by atoms with Crippen LogP contribution in [0.25, 0.3) is 0 Å². The van der Waals surface area contributed by atoms with Crippen molar-refractivity contribution in [1.29, 1.82) is 0 Å². The van der Waals surface area contributed by atoms with Gasteiger partial charge in [0.25, 0.3) is 5.91 Å². The van der Waals surface area contributed by atoms with Gasteiger partial charge in [-0.3, -0.25) is 4.79 Å². The van der Waals surface area contributed by atoms with E-state index in [2.05, 4.69) is 56.3 Å². The Bertz CT molecular complexity index is 1000. The highest BCUT2D eigenvalue weighted by molar-refractivity contribution is 6.03. The highest BCUT2D eigenvalue weighted by Crippen LogP contribution is 2.20. The van der Waals surface area contributed by atoms with Crippen LogP contribution >= 0.6 is 0 Å². The van der Waals surface area contributed by atoms with E-state index >= 15 is 0 Å². The van der Waals surface area contributed by atoms with Crippen LogP contribution in [0.3, 0.4) is 0 Å². The third-order valence-electron chi connectivity index (χ3n) is 4.95. The Morgan fingerprint density at radius 1 is 0.966 bits per heavy atom. The van der Waals surface area contributed by atoms with Crippen LogP contribution in [-0.2, 0) is 0 Å². The number of aromatic nitrogens is 2. The molecule has 0 atom stereocenters. The van der Waals surface area contributed by atoms with E-state index in [1.54, 1.807) is 12.1 Å². The Balaban J connectivity index is 1.37. The van der Waals surface area contributed by atoms with Crippen molar-refractivity contribution in [2.75, 3.05) is 41.3 Å². The van der Waals surface area contributed by atoms with E-state index < -0.39 is 11.7 Å². The van der Waals surface area contributed by atoms with Gasteiger partial charge in [0.1, 0.15) is 5.82 Å². The van der Waals surface area contributed by atoms with Crippen LogP contribution in [0.15, 0.2) is 60.9 Å². The molecule has 0 bridgehead atoms. The molecule has 2 aromatic carbocycles. The van der Waals surface area contributed by atoms with Gasteiger partial charge >= 0.3 is 0 Å². The third kappa shape index (κ3) is 4.34. The van der Waals surface area contributed by atoms with Crippen LogP contribution in [0.2, 0.25) is 0 Å². The first-order chi connectivity index (χ1) is 14.1. The van der Waals surface area contributed by atoms with Gasteiger partial charge in [-0.05, 0) is 36.8 Å². The number of carbonyl (C=O) groups excluding carboxylic acids is 1. The van der Waals surface area contributed by atoms with E-state index in [1.165, 1.54) is 35.8 Å². The Hall–Kier alpha value is -3.48. The number of rotatable bonds is 4. The van der Waals surface area contributed by atoms with Crippen molar-refractivity contribution in [2.24, 2.45) is 0 Å². The number of piperazine rings is 1. The van der Waals surface area contributed by atoms with Crippen LogP contribution in [0.4, 0.5) is 21.7 Å². The van der Waals surface area contributed by atoms with E-state index in [-0.39, 0.29) is 11.3 Å². The number of aryl methyl sites for hydroxylation is 1. The van der Waals surface area contributed by atoms with E-state index in [0.29, 0.717) is 5.95 Å². The van der Waals surface area contributed by atoms with Crippen molar-refractivity contribution in [2.45, 2.75) is 6.92 Å². The topological polar surface area (TPSA) is 61.4 Å². The maximum Gasteiger partial charge on any atom is 0.258 e. The Morgan fingerprint density at radius 3 is 2.34 bits per heavy atom. The van der Waals surface area contributed by atoms with Gasteiger partial charge in [-0.1, -0.05) is 24.3 Å². The largest absolute Gasteiger partial charge is 0.368 e. The zero-order chi connectivity index (χ0) is 20.2. The molecule has 1 amide bonds. The van der Waals surface area contributed by atoms with Crippen LogP contribution in [0, 0.1) is 12.7 Å². The summed E-state index contributed by atoms with van der Waals surface area (Å²) < 4.78 is 13.7. The van der Waals surface area contributed by atoms with Gasteiger partial charge in [0.05, 0.1) is 11.3 Å². The maximum atomic E-state index is 13.7. The Morgan fingerprint density at radius 2 is 1.66 bits per heavy atom. The monoisotopic (exact) mass is 391 g/mol. The van der Waals surface area contributed by atoms with Crippen molar-refractivity contribution >= 4 is 23.2 Å². The van der Waals surface area contributed by atoms with Gasteiger partial charge in [-0.25, -0.2) is 14.4 Å². The van der Waals surface area contributed by atoms with Gasteiger partial charge in [-0.2, -0.15) is 0 Å². The standard InChI is InChI=1S/C22H22FN5O/c1-16-5-4-6-18(13-16)27-9-11-28(12-10-27)22-24-14-17(15-25-22)21(29)26-20-8-3-2-7-19(20)23/h2-8,13-15H,9-12H2,1H3,(H,26,29). The number of benzene rings is 2. The van der Waals surface area contributed by atoms with Crippen LogP contribution in [0.5, 0.6) is 0 Å². The molecular formula is C22H22FN5O. The van der Waals surface area contributed by atoms with Gasteiger partial charge in [-0.15, -0.1) is 0 Å². The number of nitrogens with zero attached hydrogens (tertiary/aromatic N) is 4. The van der Waals surface area contributed by atoms with Crippen LogP contribution in [-0.4, -0.2) is 42.1 Å². The molecule has 1 aliphatic heterocycles. The molecular weight excluding hydrogens is 369 g/mol. The van der Waals surface area contributed by atoms with Crippen molar-refractivity contribution in [1.82, 2.24) is 9.97 Å². The molecule has 0 aliphatic carbocycles. The van der Waals surface area contributed by atoms with Gasteiger partial charge in [0, 0.05) is 44.3 Å². The molecule has 0 unspecified atom stereocenters. The van der Waals surface area contributed by atoms with Crippen LogP contribution < -0.4 is 15.1 Å². The first-order valence-electron chi connectivity index (χ1n) is 9.54. The molecule has 148 valence electrons. The SMILES string of the molecule is Cc1cccc(N2CCN(c3ncc(C(=O)Nc4ccccc4F)cn3)CC2)c1. The summed E-state index contributed by atoms with van der Waals surface area (Å²) in [6.45, 7) is 5.45. The highest BCUT2D eigenvalue weighted by atomic mass is 19.1. The zero-order valence-electron chi connectivity index (χ0n) is 16.2. The predicted molar refractivity (Wildman–Crippen MR) is 112 cm³/mol. The average molecular weight is 391 g/mol. The average Bonchev–Trinajstić information content (AvgIpc) is 2.75. The minimum atomic E-state index is -0.482. The summed E-state index contributed by atoms with van der Waals surface area (Å²) in [5.74, 6) is -0.327. The summed E-state index contributed by atoms with van der Waals surface area (Å²) in [5.41, 5.74) is 2.90. The van der Waals surface area contributed by atoms with E-state index in [0.717, 1.165) is 26.2 Å². The van der Waals surface area contributed by atoms with Crippen molar-refractivity contribution in [3.05, 3.63) is 77.9 Å². The van der Waals surface area contributed by atoms with E-state index in [9.17, 15) is 9.18 Å². The molecule has 6 nitrogen and oxygen atoms in total. The van der Waals surface area contributed by atoms with Gasteiger partial charge in [0.2, 0.25) is 5.95 Å². The molecule has 0 radical (unpaired) electrons. The molecule has 29 heavy (non-hydrogen) atoms. The van der Waals surface area contributed by atoms with Gasteiger partial charge in [0.15, 0.2) is 0 Å². The molecule has 1 aromatic heterocycles. The normalized spacial score (nSPS) is 14.0. The molecule has 0 saturated carbocycles. The minimum Gasteiger partial charge on any atom is -0.368 e. The quantitative estimate of drug-likeness (QED) is 0.738.